The first-order valence-corrected chi connectivity index (χ1v) is 8.05. The molecular formula is C18H16ClN3O3. The number of aryl methyl sites for hydroxylation is 1. The molecule has 0 saturated heterocycles. The maximum atomic E-state index is 12.0. The highest BCUT2D eigenvalue weighted by Gasteiger charge is 2.14. The van der Waals surface area contributed by atoms with Crippen LogP contribution in [0.3, 0.4) is 0 Å². The van der Waals surface area contributed by atoms with E-state index in [9.17, 15) is 4.79 Å². The number of carbonyl (C=O) groups excluding carboxylic acids is 1. The van der Waals surface area contributed by atoms with Crippen molar-refractivity contribution >= 4 is 23.2 Å². The molecule has 0 unspecified atom stereocenters. The lowest BCUT2D eigenvalue weighted by molar-refractivity contribution is -0.116. The predicted octanol–water partition coefficient (Wildman–Crippen LogP) is 3.97. The highest BCUT2D eigenvalue weighted by Crippen LogP contribution is 2.27. The molecule has 25 heavy (non-hydrogen) atoms. The number of carbonyl (C=O) groups is 1. The summed E-state index contributed by atoms with van der Waals surface area (Å²) < 4.78 is 10.5. The summed E-state index contributed by atoms with van der Waals surface area (Å²) in [6.07, 6.45) is 0.564. The first-order chi connectivity index (χ1) is 12.2. The maximum absolute atomic E-state index is 12.0. The number of nitrogens with one attached hydrogen (secondary N) is 1. The third-order valence-electron chi connectivity index (χ3n) is 3.49. The van der Waals surface area contributed by atoms with E-state index in [4.69, 9.17) is 20.9 Å². The Labute approximate surface area is 149 Å². The van der Waals surface area contributed by atoms with Gasteiger partial charge in [-0.15, -0.1) is 0 Å². The van der Waals surface area contributed by atoms with Crippen molar-refractivity contribution in [2.45, 2.75) is 12.8 Å². The molecular weight excluding hydrogens is 342 g/mol. The number of methoxy groups -OCH3 is 1. The van der Waals surface area contributed by atoms with E-state index in [-0.39, 0.29) is 12.3 Å². The highest BCUT2D eigenvalue weighted by atomic mass is 35.5. The molecule has 1 N–H and O–H groups in total. The molecule has 3 rings (SSSR count). The Morgan fingerprint density at radius 1 is 1.24 bits per heavy atom. The zero-order valence-corrected chi connectivity index (χ0v) is 14.3. The van der Waals surface area contributed by atoms with E-state index in [0.29, 0.717) is 34.6 Å². The summed E-state index contributed by atoms with van der Waals surface area (Å²) >= 11 is 5.89. The molecule has 0 spiro atoms. The smallest absolute Gasteiger partial charge is 0.227 e. The van der Waals surface area contributed by atoms with E-state index in [2.05, 4.69) is 15.5 Å². The quantitative estimate of drug-likeness (QED) is 0.722. The molecule has 6 nitrogen and oxygen atoms in total. The van der Waals surface area contributed by atoms with Crippen LogP contribution in [-0.2, 0) is 11.2 Å². The van der Waals surface area contributed by atoms with Gasteiger partial charge in [0.1, 0.15) is 5.75 Å². The fourth-order valence-corrected chi connectivity index (χ4v) is 2.50. The zero-order chi connectivity index (χ0) is 17.6. The fourth-order valence-electron chi connectivity index (χ4n) is 2.31. The standard InChI is InChI=1S/C18H16ClN3O3/c1-24-15-8-3-2-7-14(15)18-21-17(25-22-18)10-9-16(23)20-13-6-4-5-12(19)11-13/h2-8,11H,9-10H2,1H3,(H,20,23). The van der Waals surface area contributed by atoms with E-state index in [1.165, 1.54) is 0 Å². The molecule has 128 valence electrons. The monoisotopic (exact) mass is 357 g/mol. The van der Waals surface area contributed by atoms with Crippen LogP contribution in [0.25, 0.3) is 11.4 Å². The summed E-state index contributed by atoms with van der Waals surface area (Å²) in [6, 6.07) is 14.4. The second kappa shape index (κ2) is 7.81. The van der Waals surface area contributed by atoms with Crippen LogP contribution in [0.5, 0.6) is 5.75 Å². The van der Waals surface area contributed by atoms with Crippen molar-refractivity contribution in [1.29, 1.82) is 0 Å². The maximum Gasteiger partial charge on any atom is 0.227 e. The number of aromatic nitrogens is 2. The number of para-hydroxylation sites is 1. The molecule has 1 heterocycles. The zero-order valence-electron chi connectivity index (χ0n) is 13.5. The van der Waals surface area contributed by atoms with Gasteiger partial charge in [-0.1, -0.05) is 35.0 Å². The van der Waals surface area contributed by atoms with E-state index in [1.807, 2.05) is 24.3 Å². The number of hydrogen-bond donors (Lipinski definition) is 1. The van der Waals surface area contributed by atoms with Gasteiger partial charge < -0.3 is 14.6 Å². The molecule has 2 aromatic carbocycles. The van der Waals surface area contributed by atoms with Gasteiger partial charge in [0.2, 0.25) is 17.6 Å². The number of benzene rings is 2. The van der Waals surface area contributed by atoms with Gasteiger partial charge >= 0.3 is 0 Å². The average molecular weight is 358 g/mol. The topological polar surface area (TPSA) is 77.2 Å². The van der Waals surface area contributed by atoms with Crippen LogP contribution in [0, 0.1) is 0 Å². The van der Waals surface area contributed by atoms with Gasteiger partial charge in [0.15, 0.2) is 0 Å². The number of rotatable bonds is 6. The third-order valence-corrected chi connectivity index (χ3v) is 3.73. The molecule has 0 aliphatic carbocycles. The first kappa shape index (κ1) is 17.0. The molecule has 1 amide bonds. The summed E-state index contributed by atoms with van der Waals surface area (Å²) in [4.78, 5) is 16.3. The molecule has 0 bridgehead atoms. The summed E-state index contributed by atoms with van der Waals surface area (Å²) in [5, 5.41) is 7.30. The van der Waals surface area contributed by atoms with Crippen LogP contribution in [-0.4, -0.2) is 23.2 Å². The number of anilines is 1. The number of nitrogens with zero attached hydrogens (tertiary/aromatic N) is 2. The summed E-state index contributed by atoms with van der Waals surface area (Å²) in [5.74, 6) is 1.33. The molecule has 3 aromatic rings. The second-order valence-corrected chi connectivity index (χ2v) is 5.71. The van der Waals surface area contributed by atoms with Gasteiger partial charge in [0.05, 0.1) is 12.7 Å². The highest BCUT2D eigenvalue weighted by molar-refractivity contribution is 6.30. The molecule has 0 saturated carbocycles. The molecule has 0 radical (unpaired) electrons. The summed E-state index contributed by atoms with van der Waals surface area (Å²) in [7, 11) is 1.58. The van der Waals surface area contributed by atoms with Crippen LogP contribution in [0.15, 0.2) is 53.1 Å². The fraction of sp³-hybridized carbons (Fsp3) is 0.167. The van der Waals surface area contributed by atoms with Crippen molar-refractivity contribution in [2.75, 3.05) is 12.4 Å². The Morgan fingerprint density at radius 2 is 2.08 bits per heavy atom. The van der Waals surface area contributed by atoms with E-state index in [0.717, 1.165) is 5.56 Å². The van der Waals surface area contributed by atoms with E-state index >= 15 is 0 Å². The minimum atomic E-state index is -0.153. The van der Waals surface area contributed by atoms with Crippen molar-refractivity contribution in [3.8, 4) is 17.1 Å². The van der Waals surface area contributed by atoms with E-state index < -0.39 is 0 Å². The summed E-state index contributed by atoms with van der Waals surface area (Å²) in [5.41, 5.74) is 1.39. The Kier molecular flexibility index (Phi) is 5.30. The molecule has 0 atom stereocenters. The van der Waals surface area contributed by atoms with Gasteiger partial charge in [-0.05, 0) is 30.3 Å². The lowest BCUT2D eigenvalue weighted by Crippen LogP contribution is -2.12. The minimum Gasteiger partial charge on any atom is -0.496 e. The Bertz CT molecular complexity index is 879. The molecule has 0 aliphatic rings. The summed E-state index contributed by atoms with van der Waals surface area (Å²) in [6.45, 7) is 0. The van der Waals surface area contributed by atoms with Crippen LogP contribution in [0.1, 0.15) is 12.3 Å². The van der Waals surface area contributed by atoms with Gasteiger partial charge in [-0.25, -0.2) is 0 Å². The van der Waals surface area contributed by atoms with Gasteiger partial charge in [-0.3, -0.25) is 4.79 Å². The number of hydrogen-bond acceptors (Lipinski definition) is 5. The van der Waals surface area contributed by atoms with Gasteiger partial charge in [-0.2, -0.15) is 4.98 Å². The first-order valence-electron chi connectivity index (χ1n) is 7.67. The lowest BCUT2D eigenvalue weighted by Gasteiger charge is -2.04. The van der Waals surface area contributed by atoms with Gasteiger partial charge in [0.25, 0.3) is 0 Å². The van der Waals surface area contributed by atoms with Gasteiger partial charge in [0, 0.05) is 23.6 Å². The Hall–Kier alpha value is -2.86. The molecule has 1 aromatic heterocycles. The average Bonchev–Trinajstić information content (AvgIpc) is 3.09. The van der Waals surface area contributed by atoms with Crippen molar-refractivity contribution in [1.82, 2.24) is 10.1 Å². The largest absolute Gasteiger partial charge is 0.496 e. The predicted molar refractivity (Wildman–Crippen MR) is 94.7 cm³/mol. The van der Waals surface area contributed by atoms with Crippen molar-refractivity contribution in [3.05, 3.63) is 59.4 Å². The number of ether oxygens (including phenoxy) is 1. The third kappa shape index (κ3) is 4.36. The van der Waals surface area contributed by atoms with Crippen LogP contribution in [0.2, 0.25) is 5.02 Å². The molecule has 0 aliphatic heterocycles. The SMILES string of the molecule is COc1ccccc1-c1noc(CCC(=O)Nc2cccc(Cl)c2)n1. The van der Waals surface area contributed by atoms with Crippen LogP contribution < -0.4 is 10.1 Å². The normalized spacial score (nSPS) is 10.5. The van der Waals surface area contributed by atoms with Crippen LogP contribution >= 0.6 is 11.6 Å². The minimum absolute atomic E-state index is 0.153. The van der Waals surface area contributed by atoms with Crippen molar-refractivity contribution in [2.24, 2.45) is 0 Å². The van der Waals surface area contributed by atoms with Crippen molar-refractivity contribution < 1.29 is 14.1 Å². The second-order valence-electron chi connectivity index (χ2n) is 5.27. The van der Waals surface area contributed by atoms with Crippen LogP contribution in [0.4, 0.5) is 5.69 Å². The number of halogens is 1. The van der Waals surface area contributed by atoms with Crippen molar-refractivity contribution in [3.63, 3.8) is 0 Å². The van der Waals surface area contributed by atoms with E-state index in [1.54, 1.807) is 31.4 Å². The number of amides is 1. The Balaban J connectivity index is 1.61. The molecule has 7 heteroatoms. The lowest BCUT2D eigenvalue weighted by atomic mass is 10.2. The molecule has 0 fully saturated rings. The Morgan fingerprint density at radius 3 is 2.88 bits per heavy atom.